The summed E-state index contributed by atoms with van der Waals surface area (Å²) in [6.07, 6.45) is 0.762. The maximum absolute atomic E-state index is 9.15. The van der Waals surface area contributed by atoms with Gasteiger partial charge in [0.05, 0.1) is 0 Å². The van der Waals surface area contributed by atoms with Crippen molar-refractivity contribution in [3.8, 4) is 11.1 Å². The molecule has 2 aromatic rings. The number of aliphatic hydroxyl groups excluding tert-OH is 1. The van der Waals surface area contributed by atoms with E-state index in [0.29, 0.717) is 0 Å². The molecule has 0 heterocycles. The molecule has 2 heteroatoms. The number of rotatable bonds is 5. The SMILES string of the molecule is CN(C)C(CCO)c1ccc(-c2ccccc2)cc1. The van der Waals surface area contributed by atoms with Gasteiger partial charge in [-0.2, -0.15) is 0 Å². The summed E-state index contributed by atoms with van der Waals surface area (Å²) in [5.41, 5.74) is 3.71. The Hall–Kier alpha value is -1.64. The topological polar surface area (TPSA) is 23.5 Å². The van der Waals surface area contributed by atoms with Crippen LogP contribution in [-0.4, -0.2) is 30.7 Å². The van der Waals surface area contributed by atoms with Gasteiger partial charge in [0, 0.05) is 12.6 Å². The molecule has 2 aromatic carbocycles. The minimum absolute atomic E-state index is 0.212. The van der Waals surface area contributed by atoms with E-state index < -0.39 is 0 Å². The van der Waals surface area contributed by atoms with Crippen LogP contribution < -0.4 is 0 Å². The normalized spacial score (nSPS) is 12.6. The fraction of sp³-hybridized carbons (Fsp3) is 0.294. The van der Waals surface area contributed by atoms with Crippen molar-refractivity contribution in [2.45, 2.75) is 12.5 Å². The Kier molecular flexibility index (Phi) is 4.72. The summed E-state index contributed by atoms with van der Waals surface area (Å²) in [6, 6.07) is 19.3. The van der Waals surface area contributed by atoms with Gasteiger partial charge in [-0.3, -0.25) is 0 Å². The molecule has 0 saturated carbocycles. The second-order valence-corrected chi connectivity index (χ2v) is 4.98. The van der Waals surface area contributed by atoms with Crippen molar-refractivity contribution in [2.75, 3.05) is 20.7 Å². The van der Waals surface area contributed by atoms with Crippen LogP contribution in [0.15, 0.2) is 54.6 Å². The highest BCUT2D eigenvalue weighted by Crippen LogP contribution is 2.25. The van der Waals surface area contributed by atoms with Crippen LogP contribution in [0.2, 0.25) is 0 Å². The van der Waals surface area contributed by atoms with Gasteiger partial charge in [0.1, 0.15) is 0 Å². The summed E-state index contributed by atoms with van der Waals surface area (Å²) in [5, 5.41) is 9.15. The minimum atomic E-state index is 0.212. The summed E-state index contributed by atoms with van der Waals surface area (Å²) in [5.74, 6) is 0. The third kappa shape index (κ3) is 3.43. The van der Waals surface area contributed by atoms with Crippen LogP contribution in [0.5, 0.6) is 0 Å². The van der Waals surface area contributed by atoms with E-state index in [0.717, 1.165) is 6.42 Å². The van der Waals surface area contributed by atoms with Crippen LogP contribution in [0.3, 0.4) is 0 Å². The van der Waals surface area contributed by atoms with Gasteiger partial charge in [-0.15, -0.1) is 0 Å². The molecule has 100 valence electrons. The average Bonchev–Trinajstić information content (AvgIpc) is 2.46. The lowest BCUT2D eigenvalue weighted by Crippen LogP contribution is -2.20. The Balaban J connectivity index is 2.22. The maximum atomic E-state index is 9.15. The highest BCUT2D eigenvalue weighted by atomic mass is 16.3. The second kappa shape index (κ2) is 6.50. The molecule has 0 aliphatic carbocycles. The Morgan fingerprint density at radius 3 is 2.00 bits per heavy atom. The van der Waals surface area contributed by atoms with E-state index in [-0.39, 0.29) is 12.6 Å². The van der Waals surface area contributed by atoms with E-state index >= 15 is 0 Å². The van der Waals surface area contributed by atoms with E-state index in [1.807, 2.05) is 20.2 Å². The van der Waals surface area contributed by atoms with Crippen molar-refractivity contribution in [3.63, 3.8) is 0 Å². The lowest BCUT2D eigenvalue weighted by atomic mass is 9.99. The van der Waals surface area contributed by atoms with E-state index in [9.17, 15) is 0 Å². The van der Waals surface area contributed by atoms with Crippen LogP contribution in [0.25, 0.3) is 11.1 Å². The molecule has 0 saturated heterocycles. The van der Waals surface area contributed by atoms with Crippen molar-refractivity contribution in [2.24, 2.45) is 0 Å². The summed E-state index contributed by atoms with van der Waals surface area (Å²) in [7, 11) is 4.09. The monoisotopic (exact) mass is 255 g/mol. The van der Waals surface area contributed by atoms with Crippen molar-refractivity contribution in [1.29, 1.82) is 0 Å². The zero-order valence-corrected chi connectivity index (χ0v) is 11.6. The van der Waals surface area contributed by atoms with E-state index in [2.05, 4.69) is 53.4 Å². The number of nitrogens with zero attached hydrogens (tertiary/aromatic N) is 1. The Morgan fingerprint density at radius 1 is 0.895 bits per heavy atom. The van der Waals surface area contributed by atoms with Crippen molar-refractivity contribution < 1.29 is 5.11 Å². The van der Waals surface area contributed by atoms with E-state index in [1.54, 1.807) is 0 Å². The van der Waals surface area contributed by atoms with Gasteiger partial charge in [0.15, 0.2) is 0 Å². The summed E-state index contributed by atoms with van der Waals surface area (Å²) in [4.78, 5) is 2.15. The largest absolute Gasteiger partial charge is 0.396 e. The standard InChI is InChI=1S/C17H21NO/c1-18(2)17(12-13-19)16-10-8-15(9-11-16)14-6-4-3-5-7-14/h3-11,17,19H,12-13H2,1-2H3. The Morgan fingerprint density at radius 2 is 1.47 bits per heavy atom. The fourth-order valence-corrected chi connectivity index (χ4v) is 2.37. The Labute approximate surface area is 115 Å². The molecule has 1 N–H and O–H groups in total. The molecule has 0 bridgehead atoms. The zero-order valence-electron chi connectivity index (χ0n) is 11.6. The summed E-state index contributed by atoms with van der Waals surface area (Å²) < 4.78 is 0. The van der Waals surface area contributed by atoms with Crippen LogP contribution >= 0.6 is 0 Å². The number of hydrogen-bond donors (Lipinski definition) is 1. The molecule has 2 nitrogen and oxygen atoms in total. The van der Waals surface area contributed by atoms with Crippen molar-refractivity contribution >= 4 is 0 Å². The molecule has 0 radical (unpaired) electrons. The molecule has 19 heavy (non-hydrogen) atoms. The van der Waals surface area contributed by atoms with Gasteiger partial charge in [-0.1, -0.05) is 54.6 Å². The molecule has 1 atom stereocenters. The molecular weight excluding hydrogens is 234 g/mol. The van der Waals surface area contributed by atoms with Gasteiger partial charge in [-0.05, 0) is 37.2 Å². The van der Waals surface area contributed by atoms with Gasteiger partial charge in [0.2, 0.25) is 0 Å². The molecule has 2 rings (SSSR count). The smallest absolute Gasteiger partial charge is 0.0449 e. The maximum Gasteiger partial charge on any atom is 0.0449 e. The minimum Gasteiger partial charge on any atom is -0.396 e. The zero-order chi connectivity index (χ0) is 13.7. The highest BCUT2D eigenvalue weighted by molar-refractivity contribution is 5.63. The first kappa shape index (κ1) is 13.8. The third-order valence-electron chi connectivity index (χ3n) is 3.43. The molecule has 0 fully saturated rings. The average molecular weight is 255 g/mol. The third-order valence-corrected chi connectivity index (χ3v) is 3.43. The lowest BCUT2D eigenvalue weighted by molar-refractivity contribution is 0.211. The van der Waals surface area contributed by atoms with Crippen LogP contribution in [-0.2, 0) is 0 Å². The molecule has 0 aliphatic rings. The Bertz CT molecular complexity index is 490. The van der Waals surface area contributed by atoms with Crippen LogP contribution in [0, 0.1) is 0 Å². The quantitative estimate of drug-likeness (QED) is 0.885. The predicted octanol–water partition coefficient (Wildman–Crippen LogP) is 3.34. The van der Waals surface area contributed by atoms with Crippen LogP contribution in [0.4, 0.5) is 0 Å². The first-order valence-corrected chi connectivity index (χ1v) is 6.65. The summed E-state index contributed by atoms with van der Waals surface area (Å²) >= 11 is 0. The number of hydrogen-bond acceptors (Lipinski definition) is 2. The molecule has 0 aromatic heterocycles. The van der Waals surface area contributed by atoms with Gasteiger partial charge in [0.25, 0.3) is 0 Å². The van der Waals surface area contributed by atoms with Gasteiger partial charge < -0.3 is 10.0 Å². The van der Waals surface area contributed by atoms with Gasteiger partial charge >= 0.3 is 0 Å². The predicted molar refractivity (Wildman–Crippen MR) is 80.0 cm³/mol. The first-order chi connectivity index (χ1) is 9.22. The molecule has 0 spiro atoms. The van der Waals surface area contributed by atoms with E-state index in [4.69, 9.17) is 5.11 Å². The second-order valence-electron chi connectivity index (χ2n) is 4.98. The van der Waals surface area contributed by atoms with Gasteiger partial charge in [-0.25, -0.2) is 0 Å². The van der Waals surface area contributed by atoms with E-state index in [1.165, 1.54) is 16.7 Å². The molecule has 1 unspecified atom stereocenters. The highest BCUT2D eigenvalue weighted by Gasteiger charge is 2.13. The molecule has 0 amide bonds. The summed E-state index contributed by atoms with van der Waals surface area (Å²) in [6.45, 7) is 0.212. The fourth-order valence-electron chi connectivity index (χ4n) is 2.37. The molecular formula is C17H21NO. The molecule has 0 aliphatic heterocycles. The lowest BCUT2D eigenvalue weighted by Gasteiger charge is -2.24. The first-order valence-electron chi connectivity index (χ1n) is 6.65. The number of aliphatic hydroxyl groups is 1. The van der Waals surface area contributed by atoms with Crippen molar-refractivity contribution in [1.82, 2.24) is 4.90 Å². The van der Waals surface area contributed by atoms with Crippen LogP contribution in [0.1, 0.15) is 18.0 Å². The van der Waals surface area contributed by atoms with Crippen molar-refractivity contribution in [3.05, 3.63) is 60.2 Å². The number of benzene rings is 2.